The molecule has 1 saturated heterocycles. The van der Waals surface area contributed by atoms with Crippen LogP contribution in [0, 0.1) is 5.92 Å². The molecule has 27 heavy (non-hydrogen) atoms. The van der Waals surface area contributed by atoms with Crippen LogP contribution in [-0.4, -0.2) is 41.9 Å². The molecule has 2 aliphatic rings. The molecule has 1 atom stereocenters. The monoisotopic (exact) mass is 390 g/mol. The zero-order valence-electron chi connectivity index (χ0n) is 15.1. The minimum Gasteiger partial charge on any atom is -0.408 e. The first-order valence-electron chi connectivity index (χ1n) is 9.18. The van der Waals surface area contributed by atoms with Crippen LogP contribution in [-0.2, 0) is 10.0 Å². The highest BCUT2D eigenvalue weighted by atomic mass is 32.2. The zero-order valence-corrected chi connectivity index (χ0v) is 15.9. The van der Waals surface area contributed by atoms with Crippen molar-refractivity contribution in [2.45, 2.75) is 43.4 Å². The third kappa shape index (κ3) is 3.89. The second-order valence-electron chi connectivity index (χ2n) is 7.31. The Kier molecular flexibility index (Phi) is 4.73. The third-order valence-corrected chi connectivity index (χ3v) is 6.84. The Bertz CT molecular complexity index is 935. The average molecular weight is 390 g/mol. The Morgan fingerprint density at radius 3 is 2.59 bits per heavy atom. The summed E-state index contributed by atoms with van der Waals surface area (Å²) in [5, 5.41) is 10.3. The lowest BCUT2D eigenvalue weighted by Gasteiger charge is -2.30. The van der Waals surface area contributed by atoms with Gasteiger partial charge in [-0.3, -0.25) is 10.1 Å². The number of carbonyl (C=O) groups is 1. The molecule has 2 heterocycles. The standard InChI is InChI=1S/C18H22N4O4S/c1-12-3-2-10-22(11-12)27(24,25)15-8-6-13(7-9-15)16(23)19-18-21-20-17(26-18)14-4-5-14/h6-9,12,14H,2-5,10-11H2,1H3,(H,19,21,23)/t12-/m1/s1. The molecule has 2 aromatic rings. The largest absolute Gasteiger partial charge is 0.408 e. The van der Waals surface area contributed by atoms with Gasteiger partial charge in [-0.05, 0) is 55.9 Å². The van der Waals surface area contributed by atoms with Crippen molar-refractivity contribution < 1.29 is 17.6 Å². The second kappa shape index (κ2) is 7.05. The number of amides is 1. The highest BCUT2D eigenvalue weighted by molar-refractivity contribution is 7.89. The minimum absolute atomic E-state index is 0.0564. The van der Waals surface area contributed by atoms with E-state index in [0.717, 1.165) is 25.7 Å². The summed E-state index contributed by atoms with van der Waals surface area (Å²) in [7, 11) is -3.53. The summed E-state index contributed by atoms with van der Waals surface area (Å²) in [6.07, 6.45) is 3.97. The molecule has 4 rings (SSSR count). The summed E-state index contributed by atoms with van der Waals surface area (Å²) >= 11 is 0. The van der Waals surface area contributed by atoms with Crippen molar-refractivity contribution in [1.82, 2.24) is 14.5 Å². The van der Waals surface area contributed by atoms with Crippen LogP contribution in [0.2, 0.25) is 0 Å². The normalized spacial score (nSPS) is 21.1. The van der Waals surface area contributed by atoms with Gasteiger partial charge in [0, 0.05) is 24.6 Å². The molecule has 0 bridgehead atoms. The number of hydrogen-bond acceptors (Lipinski definition) is 6. The number of benzene rings is 1. The van der Waals surface area contributed by atoms with Gasteiger partial charge in [0.15, 0.2) is 0 Å². The van der Waals surface area contributed by atoms with E-state index in [1.165, 1.54) is 28.6 Å². The van der Waals surface area contributed by atoms with E-state index >= 15 is 0 Å². The minimum atomic E-state index is -3.53. The number of anilines is 1. The Hall–Kier alpha value is -2.26. The van der Waals surface area contributed by atoms with Crippen molar-refractivity contribution in [3.8, 4) is 0 Å². The number of sulfonamides is 1. The van der Waals surface area contributed by atoms with E-state index in [1.807, 2.05) is 0 Å². The van der Waals surface area contributed by atoms with Crippen molar-refractivity contribution in [2.75, 3.05) is 18.4 Å². The van der Waals surface area contributed by atoms with Crippen LogP contribution >= 0.6 is 0 Å². The van der Waals surface area contributed by atoms with Crippen LogP contribution in [0.3, 0.4) is 0 Å². The molecule has 1 amide bonds. The van der Waals surface area contributed by atoms with E-state index in [-0.39, 0.29) is 10.9 Å². The first-order chi connectivity index (χ1) is 12.9. The van der Waals surface area contributed by atoms with E-state index in [4.69, 9.17) is 4.42 Å². The fraction of sp³-hybridized carbons (Fsp3) is 0.500. The van der Waals surface area contributed by atoms with Crippen LogP contribution in [0.5, 0.6) is 0 Å². The molecule has 1 N–H and O–H groups in total. The summed E-state index contributed by atoms with van der Waals surface area (Å²) in [6.45, 7) is 3.13. The molecule has 9 heteroatoms. The van der Waals surface area contributed by atoms with Gasteiger partial charge in [0.25, 0.3) is 5.91 Å². The summed E-state index contributed by atoms with van der Waals surface area (Å²) in [5.74, 6) is 0.790. The third-order valence-electron chi connectivity index (χ3n) is 4.96. The second-order valence-corrected chi connectivity index (χ2v) is 9.25. The lowest BCUT2D eigenvalue weighted by Crippen LogP contribution is -2.39. The Labute approximate surface area is 158 Å². The molecule has 1 aliphatic carbocycles. The van der Waals surface area contributed by atoms with Gasteiger partial charge in [-0.1, -0.05) is 12.0 Å². The van der Waals surface area contributed by atoms with E-state index in [1.54, 1.807) is 0 Å². The van der Waals surface area contributed by atoms with Gasteiger partial charge in [0.2, 0.25) is 15.9 Å². The molecule has 1 aliphatic heterocycles. The van der Waals surface area contributed by atoms with Gasteiger partial charge in [-0.15, -0.1) is 5.10 Å². The summed E-state index contributed by atoms with van der Waals surface area (Å²) in [5.41, 5.74) is 0.326. The maximum Gasteiger partial charge on any atom is 0.322 e. The summed E-state index contributed by atoms with van der Waals surface area (Å²) in [6, 6.07) is 5.97. The fourth-order valence-corrected chi connectivity index (χ4v) is 4.84. The smallest absolute Gasteiger partial charge is 0.322 e. The number of carbonyl (C=O) groups excluding carboxylic acids is 1. The molecule has 0 radical (unpaired) electrons. The first kappa shape index (κ1) is 18.1. The molecule has 8 nitrogen and oxygen atoms in total. The number of aromatic nitrogens is 2. The number of rotatable bonds is 5. The van der Waals surface area contributed by atoms with Gasteiger partial charge < -0.3 is 4.42 Å². The van der Waals surface area contributed by atoms with E-state index in [0.29, 0.717) is 36.4 Å². The molecule has 1 saturated carbocycles. The predicted octanol–water partition coefficient (Wildman–Crippen LogP) is 2.62. The van der Waals surface area contributed by atoms with Crippen molar-refractivity contribution in [2.24, 2.45) is 5.92 Å². The Morgan fingerprint density at radius 1 is 1.19 bits per heavy atom. The highest BCUT2D eigenvalue weighted by Gasteiger charge is 2.30. The van der Waals surface area contributed by atoms with Crippen molar-refractivity contribution in [3.63, 3.8) is 0 Å². The Balaban J connectivity index is 1.45. The zero-order chi connectivity index (χ0) is 19.0. The SMILES string of the molecule is C[C@@H]1CCCN(S(=O)(=O)c2ccc(C(=O)Nc3nnc(C4CC4)o3)cc2)C1. The van der Waals surface area contributed by atoms with Gasteiger partial charge in [-0.2, -0.15) is 4.31 Å². The van der Waals surface area contributed by atoms with E-state index in [2.05, 4.69) is 22.4 Å². The van der Waals surface area contributed by atoms with Crippen LogP contribution < -0.4 is 5.32 Å². The number of piperidine rings is 1. The fourth-order valence-electron chi connectivity index (χ4n) is 3.24. The number of nitrogens with zero attached hydrogens (tertiary/aromatic N) is 3. The molecule has 1 aromatic carbocycles. The maximum atomic E-state index is 12.8. The highest BCUT2D eigenvalue weighted by Crippen LogP contribution is 2.39. The van der Waals surface area contributed by atoms with Gasteiger partial charge in [-0.25, -0.2) is 8.42 Å². The molecule has 0 unspecified atom stereocenters. The molecule has 1 aromatic heterocycles. The van der Waals surface area contributed by atoms with E-state index in [9.17, 15) is 13.2 Å². The molecular formula is C18H22N4O4S. The molecular weight excluding hydrogens is 368 g/mol. The Morgan fingerprint density at radius 2 is 1.93 bits per heavy atom. The topological polar surface area (TPSA) is 105 Å². The van der Waals surface area contributed by atoms with Crippen molar-refractivity contribution >= 4 is 21.9 Å². The summed E-state index contributed by atoms with van der Waals surface area (Å²) in [4.78, 5) is 12.5. The van der Waals surface area contributed by atoms with Gasteiger partial charge in [0.05, 0.1) is 4.90 Å². The summed E-state index contributed by atoms with van der Waals surface area (Å²) < 4.78 is 32.5. The molecule has 0 spiro atoms. The van der Waals surface area contributed by atoms with Crippen LogP contribution in [0.15, 0.2) is 33.6 Å². The van der Waals surface area contributed by atoms with Crippen molar-refractivity contribution in [3.05, 3.63) is 35.7 Å². The number of hydrogen-bond donors (Lipinski definition) is 1. The van der Waals surface area contributed by atoms with E-state index < -0.39 is 15.9 Å². The lowest BCUT2D eigenvalue weighted by atomic mass is 10.0. The molecule has 144 valence electrons. The van der Waals surface area contributed by atoms with Gasteiger partial charge >= 0.3 is 6.01 Å². The maximum absolute atomic E-state index is 12.8. The quantitative estimate of drug-likeness (QED) is 0.841. The molecule has 2 fully saturated rings. The van der Waals surface area contributed by atoms with Crippen LogP contribution in [0.25, 0.3) is 0 Å². The van der Waals surface area contributed by atoms with Crippen molar-refractivity contribution in [1.29, 1.82) is 0 Å². The van der Waals surface area contributed by atoms with Crippen LogP contribution in [0.4, 0.5) is 6.01 Å². The number of nitrogens with one attached hydrogen (secondary N) is 1. The average Bonchev–Trinajstić information content (AvgIpc) is 3.41. The lowest BCUT2D eigenvalue weighted by molar-refractivity contribution is 0.102. The predicted molar refractivity (Wildman–Crippen MR) is 97.8 cm³/mol. The van der Waals surface area contributed by atoms with Gasteiger partial charge in [0.1, 0.15) is 0 Å². The van der Waals surface area contributed by atoms with Crippen LogP contribution in [0.1, 0.15) is 54.8 Å². The first-order valence-corrected chi connectivity index (χ1v) is 10.6.